The lowest BCUT2D eigenvalue weighted by Gasteiger charge is -2.40. The van der Waals surface area contributed by atoms with Crippen molar-refractivity contribution in [2.45, 2.75) is 18.3 Å². The van der Waals surface area contributed by atoms with Crippen LogP contribution < -0.4 is 4.74 Å². The Morgan fingerprint density at radius 3 is 2.58 bits per heavy atom. The third-order valence-electron chi connectivity index (χ3n) is 7.99. The maximum atomic E-state index is 6.56. The first-order valence-electron chi connectivity index (χ1n) is 12.4. The Hall–Kier alpha value is -4.61. The fraction of sp³-hybridized carbons (Fsp3) is 0.0882. The van der Waals surface area contributed by atoms with Crippen LogP contribution in [-0.2, 0) is 11.8 Å². The smallest absolute Gasteiger partial charge is 0.132 e. The van der Waals surface area contributed by atoms with Gasteiger partial charge >= 0.3 is 0 Å². The molecule has 3 aromatic carbocycles. The molecule has 36 heavy (non-hydrogen) atoms. The van der Waals surface area contributed by atoms with Gasteiger partial charge < -0.3 is 4.74 Å². The Bertz CT molecular complexity index is 1790. The molecule has 2 nitrogen and oxygen atoms in total. The van der Waals surface area contributed by atoms with E-state index in [9.17, 15) is 0 Å². The molecule has 1 atom stereocenters. The number of rotatable bonds is 1. The zero-order valence-corrected chi connectivity index (χ0v) is 19.6. The van der Waals surface area contributed by atoms with Crippen LogP contribution in [0.25, 0.3) is 11.1 Å². The maximum Gasteiger partial charge on any atom is 0.132 e. The monoisotopic (exact) mass is 459 g/mol. The highest BCUT2D eigenvalue weighted by Crippen LogP contribution is 2.62. The van der Waals surface area contributed by atoms with Gasteiger partial charge in [0.1, 0.15) is 11.5 Å². The lowest BCUT2D eigenvalue weighted by molar-refractivity contribution is 0.435. The van der Waals surface area contributed by atoms with Crippen LogP contribution in [0.3, 0.4) is 0 Å². The lowest BCUT2D eigenvalue weighted by atomic mass is 9.64. The highest BCUT2D eigenvalue weighted by molar-refractivity contribution is 5.94. The van der Waals surface area contributed by atoms with Gasteiger partial charge in [-0.05, 0) is 93.8 Å². The number of nitrogens with zero attached hydrogens (tertiary/aromatic N) is 1. The summed E-state index contributed by atoms with van der Waals surface area (Å²) in [6, 6.07) is 26.1. The van der Waals surface area contributed by atoms with Crippen molar-refractivity contribution in [3.05, 3.63) is 159 Å². The molecule has 1 spiro atoms. The molecule has 2 heteroatoms. The topological polar surface area (TPSA) is 22.1 Å². The second kappa shape index (κ2) is 7.20. The van der Waals surface area contributed by atoms with E-state index < -0.39 is 5.41 Å². The number of para-hydroxylation sites is 1. The number of hydrogen-bond acceptors (Lipinski definition) is 2. The van der Waals surface area contributed by atoms with E-state index in [-0.39, 0.29) is 0 Å². The van der Waals surface area contributed by atoms with Crippen LogP contribution in [0.15, 0.2) is 120 Å². The first-order chi connectivity index (χ1) is 17.9. The van der Waals surface area contributed by atoms with Gasteiger partial charge in [-0.15, -0.1) is 0 Å². The zero-order chi connectivity index (χ0) is 23.7. The van der Waals surface area contributed by atoms with Crippen molar-refractivity contribution in [1.29, 1.82) is 0 Å². The van der Waals surface area contributed by atoms with Crippen LogP contribution in [0, 0.1) is 0 Å². The van der Waals surface area contributed by atoms with Gasteiger partial charge in [0.25, 0.3) is 0 Å². The van der Waals surface area contributed by atoms with E-state index in [1.165, 1.54) is 55.7 Å². The Labute approximate surface area is 209 Å². The van der Waals surface area contributed by atoms with Crippen molar-refractivity contribution < 1.29 is 4.74 Å². The van der Waals surface area contributed by atoms with Crippen molar-refractivity contribution in [1.82, 2.24) is 4.98 Å². The molecule has 1 aliphatic heterocycles. The molecule has 0 saturated heterocycles. The molecule has 4 aliphatic rings. The van der Waals surface area contributed by atoms with Gasteiger partial charge in [0.15, 0.2) is 0 Å². The number of ether oxygens (including phenoxy) is 1. The maximum absolute atomic E-state index is 6.56. The van der Waals surface area contributed by atoms with E-state index in [0.717, 1.165) is 24.3 Å². The van der Waals surface area contributed by atoms with Crippen LogP contribution >= 0.6 is 0 Å². The molecule has 1 unspecified atom stereocenters. The van der Waals surface area contributed by atoms with E-state index in [1.807, 2.05) is 12.4 Å². The number of allylic oxidation sites excluding steroid dienone is 5. The van der Waals surface area contributed by atoms with Crippen LogP contribution in [0.1, 0.15) is 45.4 Å². The predicted octanol–water partition coefficient (Wildman–Crippen LogP) is 7.55. The van der Waals surface area contributed by atoms with Crippen LogP contribution in [0.5, 0.6) is 11.5 Å². The van der Waals surface area contributed by atoms with E-state index in [1.54, 1.807) is 0 Å². The van der Waals surface area contributed by atoms with Crippen molar-refractivity contribution in [3.8, 4) is 11.5 Å². The van der Waals surface area contributed by atoms with Crippen molar-refractivity contribution in [2.24, 2.45) is 0 Å². The molecule has 0 amide bonds. The summed E-state index contributed by atoms with van der Waals surface area (Å²) < 4.78 is 6.56. The first-order valence-corrected chi connectivity index (χ1v) is 12.4. The van der Waals surface area contributed by atoms with Gasteiger partial charge in [-0.2, -0.15) is 0 Å². The fourth-order valence-electron chi connectivity index (χ4n) is 6.54. The zero-order valence-electron chi connectivity index (χ0n) is 19.6. The molecule has 0 radical (unpaired) electrons. The van der Waals surface area contributed by atoms with Gasteiger partial charge in [0.05, 0.1) is 5.41 Å². The Morgan fingerprint density at radius 1 is 0.778 bits per heavy atom. The summed E-state index contributed by atoms with van der Waals surface area (Å²) in [5, 5.41) is 0. The predicted molar refractivity (Wildman–Crippen MR) is 142 cm³/mol. The molecule has 8 rings (SSSR count). The highest BCUT2D eigenvalue weighted by atomic mass is 16.5. The molecule has 0 fully saturated rings. The summed E-state index contributed by atoms with van der Waals surface area (Å²) in [4.78, 5) is 4.38. The van der Waals surface area contributed by atoms with Crippen LogP contribution in [0.4, 0.5) is 0 Å². The lowest BCUT2D eigenvalue weighted by Crippen LogP contribution is -2.33. The van der Waals surface area contributed by atoms with E-state index >= 15 is 0 Å². The summed E-state index contributed by atoms with van der Waals surface area (Å²) >= 11 is 0. The number of pyridine rings is 1. The van der Waals surface area contributed by atoms with Crippen molar-refractivity contribution in [2.75, 3.05) is 0 Å². The Kier molecular flexibility index (Phi) is 3.93. The Morgan fingerprint density at radius 2 is 1.61 bits per heavy atom. The molecule has 1 aromatic heterocycles. The molecular weight excluding hydrogens is 438 g/mol. The normalized spacial score (nSPS) is 19.7. The molecular formula is C34H21NO. The molecule has 3 aliphatic carbocycles. The summed E-state index contributed by atoms with van der Waals surface area (Å²) in [6.07, 6.45) is 12.5. The number of aryl methyl sites for hydroxylation is 1. The number of fused-ring (bicyclic) bond motifs is 9. The fourth-order valence-corrected chi connectivity index (χ4v) is 6.54. The third-order valence-corrected chi connectivity index (χ3v) is 7.99. The summed E-state index contributed by atoms with van der Waals surface area (Å²) in [5.74, 6) is 1.81. The molecule has 4 aromatic rings. The van der Waals surface area contributed by atoms with Gasteiger partial charge in [0, 0.05) is 23.5 Å². The minimum absolute atomic E-state index is 0.478. The van der Waals surface area contributed by atoms with Gasteiger partial charge in [-0.3, -0.25) is 4.98 Å². The van der Waals surface area contributed by atoms with E-state index in [0.29, 0.717) is 0 Å². The van der Waals surface area contributed by atoms with Crippen molar-refractivity contribution >= 4 is 11.1 Å². The van der Waals surface area contributed by atoms with Gasteiger partial charge in [-0.25, -0.2) is 0 Å². The van der Waals surface area contributed by atoms with Crippen LogP contribution in [-0.4, -0.2) is 4.98 Å². The Balaban J connectivity index is 1.46. The third kappa shape index (κ3) is 2.45. The molecule has 0 N–H and O–H groups in total. The second-order valence-electron chi connectivity index (χ2n) is 9.70. The molecule has 0 bridgehead atoms. The summed E-state index contributed by atoms with van der Waals surface area (Å²) in [7, 11) is 0. The average Bonchev–Trinajstić information content (AvgIpc) is 3.24. The minimum atomic E-state index is -0.478. The quantitative estimate of drug-likeness (QED) is 0.274. The standard InChI is InChI=1S/C34H21NO/c1-3-12-28-26(9-1)27-10-2-4-13-29(27)34(28)30-14-5-6-15-32(30)36-33-17-16-22(20-31(33)34)24-11-7-8-23-21-35-19-18-25(23)24/h1,3,5-6,9-21H,7-8H2. The number of aromatic nitrogens is 1. The van der Waals surface area contributed by atoms with Gasteiger partial charge in [0.2, 0.25) is 0 Å². The number of hydrogen-bond donors (Lipinski definition) is 0. The van der Waals surface area contributed by atoms with Crippen LogP contribution in [0.2, 0.25) is 0 Å². The summed E-state index contributed by atoms with van der Waals surface area (Å²) in [6.45, 7) is 0. The number of benzene rings is 3. The SMILES string of the molecule is C1=C=CC2=C(C=1)c1ccccc1C21c2ccccc2Oc2ccc(C3=CCCc4cnccc43)cc21. The first kappa shape index (κ1) is 19.7. The molecule has 168 valence electrons. The highest BCUT2D eigenvalue weighted by Gasteiger charge is 2.51. The molecule has 2 heterocycles. The van der Waals surface area contributed by atoms with E-state index in [4.69, 9.17) is 4.74 Å². The summed E-state index contributed by atoms with van der Waals surface area (Å²) in [5.41, 5.74) is 18.4. The van der Waals surface area contributed by atoms with E-state index in [2.05, 4.69) is 107 Å². The second-order valence-corrected chi connectivity index (χ2v) is 9.70. The average molecular weight is 460 g/mol. The molecule has 0 saturated carbocycles. The van der Waals surface area contributed by atoms with Crippen molar-refractivity contribution in [3.63, 3.8) is 0 Å². The minimum Gasteiger partial charge on any atom is -0.457 e. The van der Waals surface area contributed by atoms with Gasteiger partial charge in [-0.1, -0.05) is 66.1 Å². The largest absolute Gasteiger partial charge is 0.457 e.